The van der Waals surface area contributed by atoms with Gasteiger partial charge in [0.05, 0.1) is 23.3 Å². The Hall–Kier alpha value is -3.43. The Balaban J connectivity index is 1.62. The van der Waals surface area contributed by atoms with Gasteiger partial charge in [-0.05, 0) is 54.3 Å². The van der Waals surface area contributed by atoms with Crippen molar-refractivity contribution in [2.75, 3.05) is 11.9 Å². The van der Waals surface area contributed by atoms with E-state index in [-0.39, 0.29) is 17.0 Å². The number of carbonyl (C=O) groups excluding carboxylic acids is 2. The molecule has 8 nitrogen and oxygen atoms in total. The Morgan fingerprint density at radius 2 is 1.67 bits per heavy atom. The van der Waals surface area contributed by atoms with Crippen LogP contribution in [0.1, 0.15) is 41.1 Å². The highest BCUT2D eigenvalue weighted by Gasteiger charge is 2.18. The van der Waals surface area contributed by atoms with E-state index in [1.54, 1.807) is 12.1 Å². The van der Waals surface area contributed by atoms with E-state index < -0.39 is 28.5 Å². The lowest BCUT2D eigenvalue weighted by Crippen LogP contribution is -2.24. The molecule has 0 aliphatic heterocycles. The minimum absolute atomic E-state index is 0.0203. The van der Waals surface area contributed by atoms with Gasteiger partial charge in [-0.1, -0.05) is 38.1 Å². The number of anilines is 1. The van der Waals surface area contributed by atoms with E-state index >= 15 is 0 Å². The minimum atomic E-state index is -3.88. The molecule has 33 heavy (non-hydrogen) atoms. The van der Waals surface area contributed by atoms with Crippen molar-refractivity contribution in [2.45, 2.75) is 38.1 Å². The molecule has 0 spiro atoms. The summed E-state index contributed by atoms with van der Waals surface area (Å²) in [6.45, 7) is 3.47. The zero-order valence-corrected chi connectivity index (χ0v) is 19.3. The summed E-state index contributed by atoms with van der Waals surface area (Å²) in [4.78, 5) is 24.7. The van der Waals surface area contributed by atoms with Crippen molar-refractivity contribution in [1.29, 1.82) is 0 Å². The second-order valence-corrected chi connectivity index (χ2v) is 8.98. The molecule has 2 N–H and O–H groups in total. The van der Waals surface area contributed by atoms with Crippen LogP contribution >= 0.6 is 0 Å². The monoisotopic (exact) mass is 470 g/mol. The molecule has 3 rings (SSSR count). The van der Waals surface area contributed by atoms with Crippen LogP contribution in [0.15, 0.2) is 70.2 Å². The number of nitrogens with one attached hydrogen (secondary N) is 2. The van der Waals surface area contributed by atoms with Crippen LogP contribution in [-0.2, 0) is 38.9 Å². The SMILES string of the molecule is CCc1cccc(CC)c1NC(=O)COC(=O)c1cccc(S(=O)(=O)NCc2ccco2)c1. The fraction of sp³-hybridized carbons (Fsp3) is 0.250. The summed E-state index contributed by atoms with van der Waals surface area (Å²) in [6.07, 6.45) is 2.94. The fourth-order valence-electron chi connectivity index (χ4n) is 3.25. The number of esters is 1. The van der Waals surface area contributed by atoms with Gasteiger partial charge in [0.2, 0.25) is 10.0 Å². The van der Waals surface area contributed by atoms with Crippen LogP contribution in [-0.4, -0.2) is 26.9 Å². The topological polar surface area (TPSA) is 115 Å². The highest BCUT2D eigenvalue weighted by Crippen LogP contribution is 2.22. The van der Waals surface area contributed by atoms with Gasteiger partial charge < -0.3 is 14.5 Å². The van der Waals surface area contributed by atoms with Gasteiger partial charge in [-0.25, -0.2) is 17.9 Å². The summed E-state index contributed by atoms with van der Waals surface area (Å²) in [5.41, 5.74) is 2.74. The summed E-state index contributed by atoms with van der Waals surface area (Å²) in [6, 6.07) is 14.5. The van der Waals surface area contributed by atoms with Crippen LogP contribution in [0.2, 0.25) is 0 Å². The van der Waals surface area contributed by atoms with Crippen molar-refractivity contribution in [3.63, 3.8) is 0 Å². The number of rotatable bonds is 10. The Kier molecular flexibility index (Phi) is 8.02. The van der Waals surface area contributed by atoms with E-state index in [0.29, 0.717) is 5.76 Å². The third kappa shape index (κ3) is 6.30. The van der Waals surface area contributed by atoms with Crippen molar-refractivity contribution >= 4 is 27.6 Å². The summed E-state index contributed by atoms with van der Waals surface area (Å²) < 4.78 is 37.7. The predicted molar refractivity (Wildman–Crippen MR) is 123 cm³/mol. The van der Waals surface area contributed by atoms with Gasteiger partial charge in [0, 0.05) is 5.69 Å². The van der Waals surface area contributed by atoms with Crippen molar-refractivity contribution in [3.05, 3.63) is 83.3 Å². The molecular weight excluding hydrogens is 444 g/mol. The Morgan fingerprint density at radius 3 is 2.30 bits per heavy atom. The van der Waals surface area contributed by atoms with Gasteiger partial charge in [0.1, 0.15) is 5.76 Å². The number of aryl methyl sites for hydroxylation is 2. The first-order valence-electron chi connectivity index (χ1n) is 10.5. The molecule has 3 aromatic rings. The molecule has 174 valence electrons. The Bertz CT molecular complexity index is 1200. The lowest BCUT2D eigenvalue weighted by Gasteiger charge is -2.14. The largest absolute Gasteiger partial charge is 0.468 e. The van der Waals surface area contributed by atoms with Crippen LogP contribution in [0.3, 0.4) is 0 Å². The Labute approximate surface area is 193 Å². The first kappa shape index (κ1) is 24.2. The van der Waals surface area contributed by atoms with E-state index in [1.165, 1.54) is 30.5 Å². The lowest BCUT2D eigenvalue weighted by atomic mass is 10.0. The van der Waals surface area contributed by atoms with Gasteiger partial charge >= 0.3 is 5.97 Å². The standard InChI is InChI=1S/C24H26N2O6S/c1-3-17-8-5-9-18(4-2)23(17)26-22(27)16-32-24(28)19-10-6-12-21(14-19)33(29,30)25-15-20-11-7-13-31-20/h5-14,25H,3-4,15-16H2,1-2H3,(H,26,27). The molecule has 9 heteroatoms. The van der Waals surface area contributed by atoms with E-state index in [4.69, 9.17) is 9.15 Å². The third-order valence-corrected chi connectivity index (χ3v) is 6.39. The van der Waals surface area contributed by atoms with Crippen LogP contribution in [0.5, 0.6) is 0 Å². The molecule has 0 atom stereocenters. The number of hydrogen-bond donors (Lipinski definition) is 2. The molecule has 0 saturated heterocycles. The average Bonchev–Trinajstić information content (AvgIpc) is 3.35. The minimum Gasteiger partial charge on any atom is -0.468 e. The van der Waals surface area contributed by atoms with Crippen LogP contribution in [0, 0.1) is 0 Å². The van der Waals surface area contributed by atoms with Crippen LogP contribution < -0.4 is 10.0 Å². The number of para-hydroxylation sites is 1. The maximum Gasteiger partial charge on any atom is 0.338 e. The summed E-state index contributed by atoms with van der Waals surface area (Å²) in [5.74, 6) is -0.813. The number of amides is 1. The zero-order valence-electron chi connectivity index (χ0n) is 18.5. The smallest absolute Gasteiger partial charge is 0.338 e. The van der Waals surface area contributed by atoms with E-state index in [0.717, 1.165) is 29.7 Å². The van der Waals surface area contributed by atoms with E-state index in [2.05, 4.69) is 10.0 Å². The zero-order chi connectivity index (χ0) is 23.8. The molecule has 0 aliphatic rings. The third-order valence-electron chi connectivity index (χ3n) is 4.99. The number of furan rings is 1. The van der Waals surface area contributed by atoms with Crippen molar-refractivity contribution in [2.24, 2.45) is 0 Å². The van der Waals surface area contributed by atoms with Gasteiger partial charge in [0.15, 0.2) is 6.61 Å². The van der Waals surface area contributed by atoms with Gasteiger partial charge in [0.25, 0.3) is 5.91 Å². The fourth-order valence-corrected chi connectivity index (χ4v) is 4.28. The molecule has 0 unspecified atom stereocenters. The molecule has 0 saturated carbocycles. The average molecular weight is 471 g/mol. The van der Waals surface area contributed by atoms with Gasteiger partial charge in [-0.3, -0.25) is 4.79 Å². The second-order valence-electron chi connectivity index (χ2n) is 7.21. The number of hydrogen-bond acceptors (Lipinski definition) is 6. The summed E-state index contributed by atoms with van der Waals surface area (Å²) >= 11 is 0. The highest BCUT2D eigenvalue weighted by atomic mass is 32.2. The van der Waals surface area contributed by atoms with Gasteiger partial charge in [-0.15, -0.1) is 0 Å². The van der Waals surface area contributed by atoms with Crippen LogP contribution in [0.4, 0.5) is 5.69 Å². The van der Waals surface area contributed by atoms with Crippen LogP contribution in [0.25, 0.3) is 0 Å². The maximum absolute atomic E-state index is 12.5. The number of ether oxygens (including phenoxy) is 1. The highest BCUT2D eigenvalue weighted by molar-refractivity contribution is 7.89. The molecule has 1 amide bonds. The summed E-state index contributed by atoms with van der Waals surface area (Å²) in [7, 11) is -3.88. The second kappa shape index (κ2) is 10.9. The lowest BCUT2D eigenvalue weighted by molar-refractivity contribution is -0.119. The molecule has 1 aromatic heterocycles. The first-order chi connectivity index (χ1) is 15.8. The van der Waals surface area contributed by atoms with E-state index in [1.807, 2.05) is 32.0 Å². The normalized spacial score (nSPS) is 11.2. The number of carbonyl (C=O) groups is 2. The van der Waals surface area contributed by atoms with E-state index in [9.17, 15) is 18.0 Å². The van der Waals surface area contributed by atoms with Gasteiger partial charge in [-0.2, -0.15) is 0 Å². The molecule has 0 bridgehead atoms. The molecular formula is C24H26N2O6S. The van der Waals surface area contributed by atoms with Crippen molar-refractivity contribution in [3.8, 4) is 0 Å². The first-order valence-corrected chi connectivity index (χ1v) is 12.0. The van der Waals surface area contributed by atoms with Crippen molar-refractivity contribution < 1.29 is 27.2 Å². The van der Waals surface area contributed by atoms with Crippen molar-refractivity contribution in [1.82, 2.24) is 4.72 Å². The molecule has 2 aromatic carbocycles. The molecule has 0 aliphatic carbocycles. The molecule has 0 radical (unpaired) electrons. The summed E-state index contributed by atoms with van der Waals surface area (Å²) in [5, 5.41) is 2.82. The number of sulfonamides is 1. The quantitative estimate of drug-likeness (QED) is 0.437. The Morgan fingerprint density at radius 1 is 0.970 bits per heavy atom. The predicted octanol–water partition coefficient (Wildman–Crippen LogP) is 3.68. The molecule has 1 heterocycles. The number of benzene rings is 2. The molecule has 0 fully saturated rings. The maximum atomic E-state index is 12.5.